The molecule has 1 aromatic rings. The summed E-state index contributed by atoms with van der Waals surface area (Å²) in [5, 5.41) is 3.30. The van der Waals surface area contributed by atoms with Crippen molar-refractivity contribution in [3.8, 4) is 0 Å². The van der Waals surface area contributed by atoms with E-state index >= 15 is 0 Å². The Hall–Kier alpha value is -1.11. The molecule has 0 spiro atoms. The monoisotopic (exact) mass is 300 g/mol. The van der Waals surface area contributed by atoms with Crippen molar-refractivity contribution in [3.63, 3.8) is 0 Å². The van der Waals surface area contributed by atoms with Gasteiger partial charge < -0.3 is 10.1 Å². The Morgan fingerprint density at radius 3 is 2.70 bits per heavy atom. The van der Waals surface area contributed by atoms with Crippen molar-refractivity contribution < 1.29 is 13.2 Å². The van der Waals surface area contributed by atoms with Gasteiger partial charge in [-0.05, 0) is 24.1 Å². The zero-order valence-corrected chi connectivity index (χ0v) is 13.2. The zero-order valence-electron chi connectivity index (χ0n) is 12.3. The van der Waals surface area contributed by atoms with Gasteiger partial charge in [0, 0.05) is 32.0 Å². The van der Waals surface area contributed by atoms with Crippen LogP contribution in [0.15, 0.2) is 24.3 Å². The molecule has 0 aliphatic rings. The van der Waals surface area contributed by atoms with Crippen LogP contribution >= 0.6 is 0 Å². The largest absolute Gasteiger partial charge is 0.385 e. The molecule has 0 atom stereocenters. The van der Waals surface area contributed by atoms with Gasteiger partial charge in [-0.25, -0.2) is 8.42 Å². The number of rotatable bonds is 9. The van der Waals surface area contributed by atoms with Crippen LogP contribution in [0.2, 0.25) is 0 Å². The lowest BCUT2D eigenvalue weighted by Crippen LogP contribution is -2.22. The molecule has 0 aliphatic heterocycles. The van der Waals surface area contributed by atoms with E-state index in [-0.39, 0.29) is 5.75 Å². The molecular formula is C14H24N2O3S. The molecule has 0 unspecified atom stereocenters. The minimum Gasteiger partial charge on any atom is -0.385 e. The molecule has 0 bridgehead atoms. The smallest absolute Gasteiger partial charge is 0.232 e. The van der Waals surface area contributed by atoms with Crippen molar-refractivity contribution in [1.82, 2.24) is 5.32 Å². The fraction of sp³-hybridized carbons (Fsp3) is 0.571. The highest BCUT2D eigenvalue weighted by Crippen LogP contribution is 2.13. The van der Waals surface area contributed by atoms with Gasteiger partial charge in [0.25, 0.3) is 0 Å². The topological polar surface area (TPSA) is 67.4 Å². The molecule has 114 valence electrons. The van der Waals surface area contributed by atoms with Crippen LogP contribution in [0.4, 0.5) is 5.69 Å². The van der Waals surface area contributed by atoms with E-state index in [1.54, 1.807) is 13.2 Å². The van der Waals surface area contributed by atoms with E-state index in [1.165, 1.54) is 0 Å². The standard InChI is InChI=1S/C14H24N2O3S/c1-12(2)15-11-13-6-4-7-14(10-13)16-20(17,18)9-5-8-19-3/h4,6-7,10,12,15-16H,5,8-9,11H2,1-3H3. The fourth-order valence-corrected chi connectivity index (χ4v) is 2.78. The molecule has 5 nitrogen and oxygen atoms in total. The molecule has 6 heteroatoms. The SMILES string of the molecule is COCCCS(=O)(=O)Nc1cccc(CNC(C)C)c1. The van der Waals surface area contributed by atoms with E-state index in [2.05, 4.69) is 23.9 Å². The highest BCUT2D eigenvalue weighted by atomic mass is 32.2. The van der Waals surface area contributed by atoms with E-state index < -0.39 is 10.0 Å². The molecule has 0 saturated carbocycles. The number of anilines is 1. The Labute approximate surface area is 121 Å². The van der Waals surface area contributed by atoms with E-state index in [0.29, 0.717) is 24.8 Å². The summed E-state index contributed by atoms with van der Waals surface area (Å²) in [6, 6.07) is 7.82. The number of nitrogens with one attached hydrogen (secondary N) is 2. The van der Waals surface area contributed by atoms with Crippen molar-refractivity contribution in [2.24, 2.45) is 0 Å². The number of benzene rings is 1. The molecule has 0 fully saturated rings. The number of sulfonamides is 1. The van der Waals surface area contributed by atoms with Crippen molar-refractivity contribution in [1.29, 1.82) is 0 Å². The average Bonchev–Trinajstić information content (AvgIpc) is 2.36. The van der Waals surface area contributed by atoms with Gasteiger partial charge in [0.1, 0.15) is 0 Å². The molecule has 2 N–H and O–H groups in total. The second-order valence-corrected chi connectivity index (χ2v) is 6.85. The maximum Gasteiger partial charge on any atom is 0.232 e. The second kappa shape index (κ2) is 8.24. The van der Waals surface area contributed by atoms with Crippen LogP contribution in [0.3, 0.4) is 0 Å². The second-order valence-electron chi connectivity index (χ2n) is 5.00. The van der Waals surface area contributed by atoms with Crippen molar-refractivity contribution in [3.05, 3.63) is 29.8 Å². The summed E-state index contributed by atoms with van der Waals surface area (Å²) < 4.78 is 31.2. The van der Waals surface area contributed by atoms with Crippen LogP contribution in [0, 0.1) is 0 Å². The van der Waals surface area contributed by atoms with Crippen LogP contribution < -0.4 is 10.0 Å². The normalized spacial score (nSPS) is 11.8. The number of methoxy groups -OCH3 is 1. The molecule has 0 aliphatic carbocycles. The predicted molar refractivity (Wildman–Crippen MR) is 82.3 cm³/mol. The Morgan fingerprint density at radius 1 is 1.30 bits per heavy atom. The first-order valence-corrected chi connectivity index (χ1v) is 8.40. The summed E-state index contributed by atoms with van der Waals surface area (Å²) in [7, 11) is -1.74. The fourth-order valence-electron chi connectivity index (χ4n) is 1.69. The molecule has 0 amide bonds. The summed E-state index contributed by atoms with van der Waals surface area (Å²) in [6.45, 7) is 5.31. The summed E-state index contributed by atoms with van der Waals surface area (Å²) in [4.78, 5) is 0. The number of hydrogen-bond donors (Lipinski definition) is 2. The molecule has 0 saturated heterocycles. The summed E-state index contributed by atoms with van der Waals surface area (Å²) in [6.07, 6.45) is 0.487. The number of ether oxygens (including phenoxy) is 1. The third-order valence-electron chi connectivity index (χ3n) is 2.68. The maximum absolute atomic E-state index is 11.9. The molecule has 0 aromatic heterocycles. The Morgan fingerprint density at radius 2 is 2.05 bits per heavy atom. The molecule has 0 heterocycles. The number of hydrogen-bond acceptors (Lipinski definition) is 4. The van der Waals surface area contributed by atoms with Gasteiger partial charge in [0.2, 0.25) is 10.0 Å². The Kier molecular flexibility index (Phi) is 6.98. The molecule has 20 heavy (non-hydrogen) atoms. The summed E-state index contributed by atoms with van der Waals surface area (Å²) in [5.74, 6) is 0.0648. The zero-order chi connectivity index (χ0) is 15.0. The van der Waals surface area contributed by atoms with Gasteiger partial charge >= 0.3 is 0 Å². The van der Waals surface area contributed by atoms with Gasteiger partial charge in [-0.3, -0.25) is 4.72 Å². The van der Waals surface area contributed by atoms with Gasteiger partial charge in [0.05, 0.1) is 5.75 Å². The Bertz CT molecular complexity index is 501. The molecular weight excluding hydrogens is 276 g/mol. The van der Waals surface area contributed by atoms with Crippen molar-refractivity contribution in [2.75, 3.05) is 24.2 Å². The lowest BCUT2D eigenvalue weighted by molar-refractivity contribution is 0.199. The lowest BCUT2D eigenvalue weighted by atomic mass is 10.2. The van der Waals surface area contributed by atoms with E-state index in [1.807, 2.05) is 18.2 Å². The van der Waals surface area contributed by atoms with E-state index in [9.17, 15) is 8.42 Å². The molecule has 0 radical (unpaired) electrons. The minimum atomic E-state index is -3.31. The maximum atomic E-state index is 11.9. The van der Waals surface area contributed by atoms with Gasteiger partial charge in [-0.2, -0.15) is 0 Å². The predicted octanol–water partition coefficient (Wildman–Crippen LogP) is 1.96. The highest BCUT2D eigenvalue weighted by molar-refractivity contribution is 7.92. The van der Waals surface area contributed by atoms with Gasteiger partial charge in [-0.15, -0.1) is 0 Å². The van der Waals surface area contributed by atoms with Gasteiger partial charge in [-0.1, -0.05) is 26.0 Å². The first-order chi connectivity index (χ1) is 9.43. The van der Waals surface area contributed by atoms with Crippen LogP contribution in [-0.2, 0) is 21.3 Å². The van der Waals surface area contributed by atoms with Crippen molar-refractivity contribution in [2.45, 2.75) is 32.9 Å². The van der Waals surface area contributed by atoms with Crippen LogP contribution in [-0.4, -0.2) is 33.9 Å². The quantitative estimate of drug-likeness (QED) is 0.684. The van der Waals surface area contributed by atoms with E-state index in [4.69, 9.17) is 4.74 Å². The van der Waals surface area contributed by atoms with Crippen molar-refractivity contribution >= 4 is 15.7 Å². The lowest BCUT2D eigenvalue weighted by Gasteiger charge is -2.11. The van der Waals surface area contributed by atoms with Crippen LogP contribution in [0.25, 0.3) is 0 Å². The highest BCUT2D eigenvalue weighted by Gasteiger charge is 2.10. The average molecular weight is 300 g/mol. The first-order valence-electron chi connectivity index (χ1n) is 6.74. The van der Waals surface area contributed by atoms with Crippen LogP contribution in [0.1, 0.15) is 25.8 Å². The summed E-state index contributed by atoms with van der Waals surface area (Å²) >= 11 is 0. The van der Waals surface area contributed by atoms with E-state index in [0.717, 1.165) is 12.1 Å². The van der Waals surface area contributed by atoms with Gasteiger partial charge in [0.15, 0.2) is 0 Å². The third-order valence-corrected chi connectivity index (χ3v) is 4.05. The third kappa shape index (κ3) is 6.88. The minimum absolute atomic E-state index is 0.0648. The Balaban J connectivity index is 2.60. The molecule has 1 rings (SSSR count). The first kappa shape index (κ1) is 16.9. The summed E-state index contributed by atoms with van der Waals surface area (Å²) in [5.41, 5.74) is 1.65. The molecule has 1 aromatic carbocycles. The van der Waals surface area contributed by atoms with Crippen LogP contribution in [0.5, 0.6) is 0 Å².